The second kappa shape index (κ2) is 7.67. The molecule has 0 unspecified atom stereocenters. The maximum Gasteiger partial charge on any atom is 0.307 e. The van der Waals surface area contributed by atoms with Crippen molar-refractivity contribution in [3.8, 4) is 5.88 Å². The van der Waals surface area contributed by atoms with E-state index in [1.54, 1.807) is 6.07 Å². The molecule has 0 saturated carbocycles. The van der Waals surface area contributed by atoms with Gasteiger partial charge in [0.1, 0.15) is 0 Å². The largest absolute Gasteiger partial charge is 0.475 e. The second-order valence-electron chi connectivity index (χ2n) is 4.72. The molecule has 0 N–H and O–H groups in total. The van der Waals surface area contributed by atoms with E-state index in [-0.39, 0.29) is 12.1 Å². The van der Waals surface area contributed by atoms with E-state index in [9.17, 15) is 4.79 Å². The molecule has 0 fully saturated rings. The molecule has 112 valence electrons. The number of carbonyl (C=O) groups excluding carboxylic acids is 1. The lowest BCUT2D eigenvalue weighted by Crippen LogP contribution is -2.28. The molecule has 0 aliphatic carbocycles. The molecule has 6 heteroatoms. The van der Waals surface area contributed by atoms with Crippen molar-refractivity contribution in [2.24, 2.45) is 0 Å². The smallest absolute Gasteiger partial charge is 0.307 e. The third kappa shape index (κ3) is 5.03. The number of methoxy groups -OCH3 is 1. The molecule has 6 nitrogen and oxygen atoms in total. The lowest BCUT2D eigenvalue weighted by atomic mass is 10.4. The van der Waals surface area contributed by atoms with Crippen LogP contribution in [0.25, 0.3) is 0 Å². The highest BCUT2D eigenvalue weighted by Crippen LogP contribution is 2.16. The van der Waals surface area contributed by atoms with Crippen molar-refractivity contribution in [2.75, 3.05) is 25.1 Å². The normalized spacial score (nSPS) is 10.5. The maximum absolute atomic E-state index is 11.2. The average molecular weight is 281 g/mol. The van der Waals surface area contributed by atoms with Crippen molar-refractivity contribution in [3.05, 3.63) is 11.8 Å². The van der Waals surface area contributed by atoms with E-state index >= 15 is 0 Å². The van der Waals surface area contributed by atoms with Gasteiger partial charge in [0.05, 0.1) is 19.6 Å². The molecule has 0 amide bonds. The fraction of sp³-hybridized carbons (Fsp3) is 0.643. The summed E-state index contributed by atoms with van der Waals surface area (Å²) in [5, 5.41) is 0. The predicted molar refractivity (Wildman–Crippen MR) is 77.1 cm³/mol. The summed E-state index contributed by atoms with van der Waals surface area (Å²) in [6, 6.07) is 1.80. The highest BCUT2D eigenvalue weighted by molar-refractivity contribution is 5.69. The number of anilines is 1. The predicted octanol–water partition coefficient (Wildman–Crippen LogP) is 1.96. The Balaban J connectivity index is 2.85. The minimum absolute atomic E-state index is 0.0577. The number of aromatic nitrogens is 2. The summed E-state index contributed by atoms with van der Waals surface area (Å²) >= 11 is 0. The Morgan fingerprint density at radius 1 is 1.40 bits per heavy atom. The summed E-state index contributed by atoms with van der Waals surface area (Å²) in [5.74, 6) is 0.890. The van der Waals surface area contributed by atoms with Crippen LogP contribution in [-0.2, 0) is 9.53 Å². The quantitative estimate of drug-likeness (QED) is 0.712. The van der Waals surface area contributed by atoms with Crippen LogP contribution in [0, 0.1) is 6.92 Å². The van der Waals surface area contributed by atoms with Gasteiger partial charge in [0.15, 0.2) is 0 Å². The van der Waals surface area contributed by atoms with Crippen molar-refractivity contribution < 1.29 is 14.3 Å². The number of esters is 1. The van der Waals surface area contributed by atoms with Gasteiger partial charge in [-0.1, -0.05) is 0 Å². The van der Waals surface area contributed by atoms with Crippen LogP contribution < -0.4 is 9.64 Å². The Morgan fingerprint density at radius 2 is 2.10 bits per heavy atom. The van der Waals surface area contributed by atoms with Gasteiger partial charge < -0.3 is 14.4 Å². The molecule has 0 radical (unpaired) electrons. The van der Waals surface area contributed by atoms with Crippen LogP contribution in [0.4, 0.5) is 5.95 Å². The topological polar surface area (TPSA) is 64.6 Å². The van der Waals surface area contributed by atoms with Crippen molar-refractivity contribution >= 4 is 11.9 Å². The first kappa shape index (κ1) is 16.2. The van der Waals surface area contributed by atoms with Crippen LogP contribution in [0.2, 0.25) is 0 Å². The van der Waals surface area contributed by atoms with E-state index < -0.39 is 0 Å². The number of carbonyl (C=O) groups is 1. The molecule has 1 aromatic heterocycles. The van der Waals surface area contributed by atoms with Gasteiger partial charge in [0.2, 0.25) is 11.8 Å². The second-order valence-corrected chi connectivity index (χ2v) is 4.72. The number of hydrogen-bond acceptors (Lipinski definition) is 6. The molecule has 0 spiro atoms. The first-order valence-electron chi connectivity index (χ1n) is 6.80. The summed E-state index contributed by atoms with van der Waals surface area (Å²) in [4.78, 5) is 21.9. The zero-order valence-electron chi connectivity index (χ0n) is 12.8. The molecule has 0 aliphatic rings. The fourth-order valence-electron chi connectivity index (χ4n) is 1.70. The molecule has 0 bridgehead atoms. The molecule has 0 saturated heterocycles. The molecule has 0 aliphatic heterocycles. The van der Waals surface area contributed by atoms with Gasteiger partial charge in [-0.15, -0.1) is 0 Å². The van der Waals surface area contributed by atoms with Crippen LogP contribution in [0.15, 0.2) is 6.07 Å². The molecule has 0 atom stereocenters. The van der Waals surface area contributed by atoms with Crippen molar-refractivity contribution in [2.45, 2.75) is 40.2 Å². The Hall–Kier alpha value is -1.85. The van der Waals surface area contributed by atoms with Crippen molar-refractivity contribution in [3.63, 3.8) is 0 Å². The first-order valence-corrected chi connectivity index (χ1v) is 6.80. The third-order valence-electron chi connectivity index (χ3n) is 2.65. The zero-order valence-corrected chi connectivity index (χ0v) is 12.8. The SMILES string of the molecule is CCN(CCC(=O)OC)c1nc(C)cc(OC(C)C)n1. The minimum Gasteiger partial charge on any atom is -0.475 e. The summed E-state index contributed by atoms with van der Waals surface area (Å²) in [6.45, 7) is 9.02. The van der Waals surface area contributed by atoms with Gasteiger partial charge in [-0.3, -0.25) is 4.79 Å². The number of aryl methyl sites for hydroxylation is 1. The van der Waals surface area contributed by atoms with Gasteiger partial charge in [0, 0.05) is 24.8 Å². The summed E-state index contributed by atoms with van der Waals surface area (Å²) in [7, 11) is 1.39. The van der Waals surface area contributed by atoms with E-state index in [0.29, 0.717) is 31.3 Å². The molecular weight excluding hydrogens is 258 g/mol. The highest BCUT2D eigenvalue weighted by atomic mass is 16.5. The van der Waals surface area contributed by atoms with Crippen molar-refractivity contribution in [1.82, 2.24) is 9.97 Å². The van der Waals surface area contributed by atoms with Gasteiger partial charge in [-0.2, -0.15) is 4.98 Å². The standard InChI is InChI=1S/C14H23N3O3/c1-6-17(8-7-13(18)19-5)14-15-11(4)9-12(16-14)20-10(2)3/h9-10H,6-8H2,1-5H3. The first-order chi connectivity index (χ1) is 9.46. The monoisotopic (exact) mass is 281 g/mol. The summed E-state index contributed by atoms with van der Waals surface area (Å²) < 4.78 is 10.3. The average Bonchev–Trinajstić information content (AvgIpc) is 2.37. The molecule has 1 rings (SSSR count). The molecule has 20 heavy (non-hydrogen) atoms. The maximum atomic E-state index is 11.2. The van der Waals surface area contributed by atoms with Gasteiger partial charge >= 0.3 is 5.97 Å². The Morgan fingerprint density at radius 3 is 2.65 bits per heavy atom. The zero-order chi connectivity index (χ0) is 15.1. The lowest BCUT2D eigenvalue weighted by molar-refractivity contribution is -0.140. The number of nitrogens with zero attached hydrogens (tertiary/aromatic N) is 3. The van der Waals surface area contributed by atoms with E-state index in [0.717, 1.165) is 5.69 Å². The van der Waals surface area contributed by atoms with Crippen LogP contribution in [-0.4, -0.2) is 42.2 Å². The third-order valence-corrected chi connectivity index (χ3v) is 2.65. The lowest BCUT2D eigenvalue weighted by Gasteiger charge is -2.21. The summed E-state index contributed by atoms with van der Waals surface area (Å²) in [5.41, 5.74) is 0.835. The molecule has 1 aromatic rings. The van der Waals surface area contributed by atoms with Crippen LogP contribution in [0.3, 0.4) is 0 Å². The Labute approximate surface area is 120 Å². The highest BCUT2D eigenvalue weighted by Gasteiger charge is 2.13. The number of rotatable bonds is 7. The van der Waals surface area contributed by atoms with Gasteiger partial charge in [-0.05, 0) is 27.7 Å². The van der Waals surface area contributed by atoms with Gasteiger partial charge in [0.25, 0.3) is 0 Å². The van der Waals surface area contributed by atoms with E-state index in [1.165, 1.54) is 7.11 Å². The van der Waals surface area contributed by atoms with E-state index in [2.05, 4.69) is 14.7 Å². The van der Waals surface area contributed by atoms with Crippen molar-refractivity contribution in [1.29, 1.82) is 0 Å². The minimum atomic E-state index is -0.241. The van der Waals surface area contributed by atoms with Crippen LogP contribution >= 0.6 is 0 Å². The molecule has 0 aromatic carbocycles. The van der Waals surface area contributed by atoms with Gasteiger partial charge in [-0.25, -0.2) is 4.98 Å². The Bertz CT molecular complexity index is 449. The Kier molecular flexibility index (Phi) is 6.21. The molecular formula is C14H23N3O3. The number of hydrogen-bond donors (Lipinski definition) is 0. The van der Waals surface area contributed by atoms with E-state index in [4.69, 9.17) is 4.74 Å². The van der Waals surface area contributed by atoms with Crippen LogP contribution in [0.1, 0.15) is 32.9 Å². The molecule has 1 heterocycles. The summed E-state index contributed by atoms with van der Waals surface area (Å²) in [6.07, 6.45) is 0.365. The van der Waals surface area contributed by atoms with E-state index in [1.807, 2.05) is 32.6 Å². The number of ether oxygens (including phenoxy) is 2. The van der Waals surface area contributed by atoms with Crippen LogP contribution in [0.5, 0.6) is 5.88 Å². The fourth-order valence-corrected chi connectivity index (χ4v) is 1.70.